The molecule has 0 spiro atoms. The summed E-state index contributed by atoms with van der Waals surface area (Å²) in [6.07, 6.45) is 2.14. The highest BCUT2D eigenvalue weighted by atomic mass is 79.9. The first-order chi connectivity index (χ1) is 6.24. The van der Waals surface area contributed by atoms with E-state index in [4.69, 9.17) is 0 Å². The summed E-state index contributed by atoms with van der Waals surface area (Å²) in [6, 6.07) is 10.3. The molecule has 13 heavy (non-hydrogen) atoms. The molecule has 0 aliphatic heterocycles. The molecule has 0 amide bonds. The van der Waals surface area contributed by atoms with Gasteiger partial charge in [-0.05, 0) is 23.6 Å². The largest absolute Gasteiger partial charge is 0.0947 e. The molecule has 0 unspecified atom stereocenters. The van der Waals surface area contributed by atoms with E-state index in [2.05, 4.69) is 47.6 Å². The molecule has 0 atom stereocenters. The number of allylic oxidation sites excluding steroid dienone is 2. The van der Waals surface area contributed by atoms with E-state index in [0.29, 0.717) is 0 Å². The van der Waals surface area contributed by atoms with Crippen molar-refractivity contribution in [2.24, 2.45) is 0 Å². The average molecular weight is 237 g/mol. The van der Waals surface area contributed by atoms with Crippen molar-refractivity contribution in [3.63, 3.8) is 0 Å². The first-order valence-corrected chi connectivity index (χ1v) is 5.33. The van der Waals surface area contributed by atoms with E-state index in [1.54, 1.807) is 0 Å². The maximum Gasteiger partial charge on any atom is 0.0279 e. The predicted molar refractivity (Wildman–Crippen MR) is 63.0 cm³/mol. The van der Waals surface area contributed by atoms with Crippen molar-refractivity contribution in [1.29, 1.82) is 0 Å². The van der Waals surface area contributed by atoms with Gasteiger partial charge in [0.05, 0.1) is 0 Å². The number of rotatable bonds is 3. The third-order valence-corrected chi connectivity index (χ3v) is 2.58. The molecule has 1 heteroatoms. The van der Waals surface area contributed by atoms with Crippen molar-refractivity contribution in [2.75, 3.05) is 5.33 Å². The van der Waals surface area contributed by atoms with E-state index in [0.717, 1.165) is 10.9 Å². The molecule has 0 aliphatic rings. The van der Waals surface area contributed by atoms with Crippen LogP contribution in [0.3, 0.4) is 0 Å². The Kier molecular flexibility index (Phi) is 3.97. The molecular weight excluding hydrogens is 224 g/mol. The van der Waals surface area contributed by atoms with Gasteiger partial charge >= 0.3 is 0 Å². The zero-order valence-electron chi connectivity index (χ0n) is 7.76. The molecule has 0 aliphatic carbocycles. The monoisotopic (exact) mass is 236 g/mol. The minimum absolute atomic E-state index is 0.835. The highest BCUT2D eigenvalue weighted by Crippen LogP contribution is 2.13. The summed E-state index contributed by atoms with van der Waals surface area (Å²) < 4.78 is 0. The number of halogens is 1. The van der Waals surface area contributed by atoms with Crippen LogP contribution in [0.1, 0.15) is 12.5 Å². The lowest BCUT2D eigenvalue weighted by Crippen LogP contribution is -1.83. The van der Waals surface area contributed by atoms with Gasteiger partial charge in [-0.15, -0.1) is 0 Å². The standard InChI is InChI=1S/C12H13Br/c1-10(11(2)9-13)8-12-6-4-3-5-7-12/h3-8H,2,9H2,1H3/b10-8+. The van der Waals surface area contributed by atoms with Crippen molar-refractivity contribution >= 4 is 22.0 Å². The second kappa shape index (κ2) is 5.03. The van der Waals surface area contributed by atoms with Crippen LogP contribution in [0.4, 0.5) is 0 Å². The van der Waals surface area contributed by atoms with E-state index in [9.17, 15) is 0 Å². The Morgan fingerprint density at radius 3 is 2.54 bits per heavy atom. The lowest BCUT2D eigenvalue weighted by molar-refractivity contribution is 1.41. The van der Waals surface area contributed by atoms with Crippen LogP contribution in [-0.4, -0.2) is 5.33 Å². The molecule has 0 aromatic heterocycles. The van der Waals surface area contributed by atoms with Gasteiger partial charge in [-0.3, -0.25) is 0 Å². The Labute approximate surface area is 88.1 Å². The molecule has 0 saturated heterocycles. The highest BCUT2D eigenvalue weighted by molar-refractivity contribution is 9.09. The van der Waals surface area contributed by atoms with Crippen molar-refractivity contribution < 1.29 is 0 Å². The fourth-order valence-corrected chi connectivity index (χ4v) is 1.45. The number of alkyl halides is 1. The fourth-order valence-electron chi connectivity index (χ4n) is 1.01. The smallest absolute Gasteiger partial charge is 0.0279 e. The first-order valence-electron chi connectivity index (χ1n) is 4.21. The van der Waals surface area contributed by atoms with Crippen LogP contribution in [0.15, 0.2) is 48.1 Å². The number of hydrogen-bond donors (Lipinski definition) is 0. The SMILES string of the molecule is C=C(CBr)/C(C)=C/c1ccccc1. The molecule has 0 nitrogen and oxygen atoms in total. The van der Waals surface area contributed by atoms with E-state index in [-0.39, 0.29) is 0 Å². The van der Waals surface area contributed by atoms with Gasteiger partial charge in [0.15, 0.2) is 0 Å². The van der Waals surface area contributed by atoms with Crippen LogP contribution >= 0.6 is 15.9 Å². The molecule has 1 aromatic rings. The van der Waals surface area contributed by atoms with Gasteiger partial charge in [0.2, 0.25) is 0 Å². The minimum atomic E-state index is 0.835. The van der Waals surface area contributed by atoms with Gasteiger partial charge in [0, 0.05) is 5.33 Å². The Morgan fingerprint density at radius 1 is 1.38 bits per heavy atom. The average Bonchev–Trinajstić information content (AvgIpc) is 2.18. The van der Waals surface area contributed by atoms with Gasteiger partial charge in [-0.2, -0.15) is 0 Å². The Morgan fingerprint density at radius 2 is 2.00 bits per heavy atom. The van der Waals surface area contributed by atoms with Crippen molar-refractivity contribution in [1.82, 2.24) is 0 Å². The van der Waals surface area contributed by atoms with Gasteiger partial charge < -0.3 is 0 Å². The first kappa shape index (κ1) is 10.3. The second-order valence-corrected chi connectivity index (χ2v) is 3.54. The number of benzene rings is 1. The molecule has 0 saturated carbocycles. The van der Waals surface area contributed by atoms with Crippen molar-refractivity contribution in [3.05, 3.63) is 53.6 Å². The molecule has 0 bridgehead atoms. The Bertz CT molecular complexity index is 309. The fraction of sp³-hybridized carbons (Fsp3) is 0.167. The van der Waals surface area contributed by atoms with Crippen molar-refractivity contribution in [3.8, 4) is 0 Å². The zero-order chi connectivity index (χ0) is 9.68. The summed E-state index contributed by atoms with van der Waals surface area (Å²) >= 11 is 3.39. The van der Waals surface area contributed by atoms with Crippen LogP contribution in [0.5, 0.6) is 0 Å². The topological polar surface area (TPSA) is 0 Å². The lowest BCUT2D eigenvalue weighted by Gasteiger charge is -2.01. The van der Waals surface area contributed by atoms with Crippen LogP contribution in [0.2, 0.25) is 0 Å². The molecule has 68 valence electrons. The molecule has 0 N–H and O–H groups in total. The second-order valence-electron chi connectivity index (χ2n) is 2.98. The molecule has 1 rings (SSSR count). The molecular formula is C12H13Br. The number of hydrogen-bond acceptors (Lipinski definition) is 0. The van der Waals surface area contributed by atoms with Gasteiger partial charge in [-0.1, -0.05) is 58.9 Å². The quantitative estimate of drug-likeness (QED) is 0.549. The van der Waals surface area contributed by atoms with E-state index >= 15 is 0 Å². The Balaban J connectivity index is 2.83. The Hall–Kier alpha value is -0.820. The maximum atomic E-state index is 3.95. The summed E-state index contributed by atoms with van der Waals surface area (Å²) in [4.78, 5) is 0. The molecule has 0 fully saturated rings. The lowest BCUT2D eigenvalue weighted by atomic mass is 10.1. The molecule has 0 heterocycles. The minimum Gasteiger partial charge on any atom is -0.0947 e. The van der Waals surface area contributed by atoms with E-state index < -0.39 is 0 Å². The third kappa shape index (κ3) is 3.19. The maximum absolute atomic E-state index is 3.95. The predicted octanol–water partition coefficient (Wildman–Crippen LogP) is 4.04. The van der Waals surface area contributed by atoms with E-state index in [1.807, 2.05) is 18.2 Å². The van der Waals surface area contributed by atoms with Gasteiger partial charge in [0.1, 0.15) is 0 Å². The summed E-state index contributed by atoms with van der Waals surface area (Å²) in [5, 5.41) is 0.835. The van der Waals surface area contributed by atoms with Crippen molar-refractivity contribution in [2.45, 2.75) is 6.92 Å². The summed E-state index contributed by atoms with van der Waals surface area (Å²) in [6.45, 7) is 6.03. The molecule has 0 radical (unpaired) electrons. The summed E-state index contributed by atoms with van der Waals surface area (Å²) in [5.74, 6) is 0. The van der Waals surface area contributed by atoms with E-state index in [1.165, 1.54) is 11.1 Å². The van der Waals surface area contributed by atoms with Crippen LogP contribution in [-0.2, 0) is 0 Å². The van der Waals surface area contributed by atoms with Crippen LogP contribution < -0.4 is 0 Å². The summed E-state index contributed by atoms with van der Waals surface area (Å²) in [5.41, 5.74) is 3.58. The summed E-state index contributed by atoms with van der Waals surface area (Å²) in [7, 11) is 0. The van der Waals surface area contributed by atoms with Gasteiger partial charge in [0.25, 0.3) is 0 Å². The molecule has 1 aromatic carbocycles. The normalized spacial score (nSPS) is 11.4. The van der Waals surface area contributed by atoms with Crippen LogP contribution in [0, 0.1) is 0 Å². The van der Waals surface area contributed by atoms with Crippen LogP contribution in [0.25, 0.3) is 6.08 Å². The highest BCUT2D eigenvalue weighted by Gasteiger charge is 1.94. The third-order valence-electron chi connectivity index (χ3n) is 1.90. The zero-order valence-corrected chi connectivity index (χ0v) is 9.34. The van der Waals surface area contributed by atoms with Gasteiger partial charge in [-0.25, -0.2) is 0 Å².